The Balaban J connectivity index is 1.37. The maximum absolute atomic E-state index is 14.0. The summed E-state index contributed by atoms with van der Waals surface area (Å²) < 4.78 is 15.5. The molecule has 2 amide bonds. The third-order valence-corrected chi connectivity index (χ3v) is 8.04. The lowest BCUT2D eigenvalue weighted by Gasteiger charge is -2.37. The molecule has 208 valence electrons. The summed E-state index contributed by atoms with van der Waals surface area (Å²) in [6, 6.07) is 24.3. The number of halogens is 1. The number of rotatable bonds is 9. The van der Waals surface area contributed by atoms with Gasteiger partial charge in [0.05, 0.1) is 6.54 Å². The van der Waals surface area contributed by atoms with E-state index >= 15 is 0 Å². The maximum atomic E-state index is 14.0. The Labute approximate surface area is 236 Å². The van der Waals surface area contributed by atoms with Crippen molar-refractivity contribution < 1.29 is 14.0 Å². The van der Waals surface area contributed by atoms with E-state index in [4.69, 9.17) is 0 Å². The lowest BCUT2D eigenvalue weighted by atomic mass is 9.94. The number of fused-ring (bicyclic) bond motifs is 1. The second kappa shape index (κ2) is 12.5. The van der Waals surface area contributed by atoms with Gasteiger partial charge in [-0.3, -0.25) is 9.59 Å². The van der Waals surface area contributed by atoms with Gasteiger partial charge in [-0.1, -0.05) is 61.7 Å². The van der Waals surface area contributed by atoms with Gasteiger partial charge < -0.3 is 14.4 Å². The molecule has 0 spiro atoms. The van der Waals surface area contributed by atoms with Crippen LogP contribution in [0, 0.1) is 5.82 Å². The molecule has 4 aromatic rings. The number of hydrogen-bond donors (Lipinski definition) is 0. The highest BCUT2D eigenvalue weighted by molar-refractivity contribution is 6.00. The fraction of sp³-hybridized carbons (Fsp3) is 0.353. The Morgan fingerprint density at radius 1 is 0.900 bits per heavy atom. The summed E-state index contributed by atoms with van der Waals surface area (Å²) in [7, 11) is 0. The van der Waals surface area contributed by atoms with Gasteiger partial charge in [-0.15, -0.1) is 0 Å². The van der Waals surface area contributed by atoms with Crippen molar-refractivity contribution in [3.05, 3.63) is 108 Å². The average molecular weight is 540 g/mol. The molecule has 1 heterocycles. The Hall–Kier alpha value is -3.93. The number of hydrogen-bond acceptors (Lipinski definition) is 2. The molecule has 40 heavy (non-hydrogen) atoms. The fourth-order valence-corrected chi connectivity index (χ4v) is 5.74. The topological polar surface area (TPSA) is 45.6 Å². The average Bonchev–Trinajstić information content (AvgIpc) is 3.41. The number of carbonyl (C=O) groups is 2. The van der Waals surface area contributed by atoms with E-state index in [9.17, 15) is 14.0 Å². The molecular formula is C34H38FN3O2. The normalized spacial score (nSPS) is 14.0. The molecule has 1 aliphatic carbocycles. The summed E-state index contributed by atoms with van der Waals surface area (Å²) in [5.74, 6) is -0.403. The lowest BCUT2D eigenvalue weighted by Crippen LogP contribution is -2.49. The molecule has 1 aliphatic rings. The molecule has 1 saturated carbocycles. The molecule has 6 heteroatoms. The van der Waals surface area contributed by atoms with E-state index in [-0.39, 0.29) is 36.3 Å². The van der Waals surface area contributed by atoms with Crippen molar-refractivity contribution in [3.8, 4) is 0 Å². The molecule has 0 unspecified atom stereocenters. The number of carbonyl (C=O) groups excluding carboxylic acids is 2. The third-order valence-electron chi connectivity index (χ3n) is 8.04. The third kappa shape index (κ3) is 6.44. The van der Waals surface area contributed by atoms with Crippen LogP contribution in [-0.2, 0) is 17.9 Å². The molecule has 0 aliphatic heterocycles. The standard InChI is InChI=1S/C34H38FN3O2/c1-25(2)37(34(40)29-17-16-27-9-6-7-10-28(27)21-29)24-33(39)38(31-11-4-3-5-12-31)23-32-13-8-20-36(32)22-26-14-18-30(35)19-15-26/h6-10,13-21,25,31H,3-5,11-12,22-24H2,1-2H3. The number of nitrogens with zero attached hydrogens (tertiary/aromatic N) is 3. The van der Waals surface area contributed by atoms with E-state index in [1.807, 2.05) is 79.5 Å². The molecule has 5 nitrogen and oxygen atoms in total. The van der Waals surface area contributed by atoms with Crippen LogP contribution in [0.1, 0.15) is 67.6 Å². The van der Waals surface area contributed by atoms with E-state index < -0.39 is 0 Å². The Morgan fingerprint density at radius 2 is 1.62 bits per heavy atom. The molecule has 0 bridgehead atoms. The van der Waals surface area contributed by atoms with Gasteiger partial charge in [0, 0.05) is 36.1 Å². The highest BCUT2D eigenvalue weighted by Crippen LogP contribution is 2.26. The largest absolute Gasteiger partial charge is 0.345 e. The van der Waals surface area contributed by atoms with Crippen molar-refractivity contribution in [2.45, 2.75) is 71.1 Å². The molecular weight excluding hydrogens is 501 g/mol. The summed E-state index contributed by atoms with van der Waals surface area (Å²) in [4.78, 5) is 31.4. The number of amides is 2. The first-order chi connectivity index (χ1) is 19.4. The second-order valence-corrected chi connectivity index (χ2v) is 11.2. The van der Waals surface area contributed by atoms with Crippen molar-refractivity contribution in [1.82, 2.24) is 14.4 Å². The van der Waals surface area contributed by atoms with Crippen LogP contribution < -0.4 is 0 Å². The SMILES string of the molecule is CC(C)N(CC(=O)N(Cc1cccn1Cc1ccc(F)cc1)C1CCCCC1)C(=O)c1ccc2ccccc2c1. The van der Waals surface area contributed by atoms with Gasteiger partial charge in [0.1, 0.15) is 12.4 Å². The first-order valence-electron chi connectivity index (χ1n) is 14.4. The van der Waals surface area contributed by atoms with Crippen LogP contribution in [0.2, 0.25) is 0 Å². The molecule has 0 N–H and O–H groups in total. The molecule has 0 atom stereocenters. The van der Waals surface area contributed by atoms with Crippen LogP contribution in [0.15, 0.2) is 85.1 Å². The minimum absolute atomic E-state index is 0.0238. The van der Waals surface area contributed by atoms with Gasteiger partial charge in [-0.25, -0.2) is 4.39 Å². The van der Waals surface area contributed by atoms with Crippen molar-refractivity contribution in [1.29, 1.82) is 0 Å². The smallest absolute Gasteiger partial charge is 0.254 e. The van der Waals surface area contributed by atoms with Crippen LogP contribution in [0.3, 0.4) is 0 Å². The fourth-order valence-electron chi connectivity index (χ4n) is 5.74. The Bertz CT molecular complexity index is 1450. The summed E-state index contributed by atoms with van der Waals surface area (Å²) in [5.41, 5.74) is 2.62. The molecule has 1 aromatic heterocycles. The van der Waals surface area contributed by atoms with Crippen molar-refractivity contribution in [2.75, 3.05) is 6.54 Å². The first kappa shape index (κ1) is 27.6. The molecule has 3 aromatic carbocycles. The predicted octanol–water partition coefficient (Wildman–Crippen LogP) is 7.04. The Kier molecular flexibility index (Phi) is 8.63. The lowest BCUT2D eigenvalue weighted by molar-refractivity contribution is -0.136. The van der Waals surface area contributed by atoms with E-state index in [0.717, 1.165) is 47.7 Å². The summed E-state index contributed by atoms with van der Waals surface area (Å²) in [6.45, 7) is 5.05. The van der Waals surface area contributed by atoms with E-state index in [1.165, 1.54) is 18.6 Å². The van der Waals surface area contributed by atoms with Gasteiger partial charge in [-0.05, 0) is 79.4 Å². The summed E-state index contributed by atoms with van der Waals surface area (Å²) in [6.07, 6.45) is 7.36. The zero-order valence-corrected chi connectivity index (χ0v) is 23.4. The zero-order chi connectivity index (χ0) is 28.1. The van der Waals surface area contributed by atoms with Crippen LogP contribution in [0.25, 0.3) is 10.8 Å². The van der Waals surface area contributed by atoms with Crippen molar-refractivity contribution in [3.63, 3.8) is 0 Å². The van der Waals surface area contributed by atoms with Crippen molar-refractivity contribution in [2.24, 2.45) is 0 Å². The van der Waals surface area contributed by atoms with Crippen LogP contribution in [0.5, 0.6) is 0 Å². The monoisotopic (exact) mass is 539 g/mol. The quantitative estimate of drug-likeness (QED) is 0.229. The van der Waals surface area contributed by atoms with E-state index in [2.05, 4.69) is 4.57 Å². The molecule has 5 rings (SSSR count). The van der Waals surface area contributed by atoms with Crippen LogP contribution >= 0.6 is 0 Å². The van der Waals surface area contributed by atoms with Gasteiger partial charge in [0.15, 0.2) is 0 Å². The molecule has 1 fully saturated rings. The summed E-state index contributed by atoms with van der Waals surface area (Å²) in [5, 5.41) is 2.09. The zero-order valence-electron chi connectivity index (χ0n) is 23.4. The highest BCUT2D eigenvalue weighted by Gasteiger charge is 2.30. The Morgan fingerprint density at radius 3 is 2.35 bits per heavy atom. The molecule has 0 saturated heterocycles. The van der Waals surface area contributed by atoms with Crippen LogP contribution in [0.4, 0.5) is 4.39 Å². The number of benzene rings is 3. The highest BCUT2D eigenvalue weighted by atomic mass is 19.1. The molecule has 0 radical (unpaired) electrons. The van der Waals surface area contributed by atoms with Crippen molar-refractivity contribution >= 4 is 22.6 Å². The first-order valence-corrected chi connectivity index (χ1v) is 14.4. The van der Waals surface area contributed by atoms with Gasteiger partial charge in [-0.2, -0.15) is 0 Å². The minimum atomic E-state index is -0.251. The minimum Gasteiger partial charge on any atom is -0.345 e. The maximum Gasteiger partial charge on any atom is 0.254 e. The predicted molar refractivity (Wildman–Crippen MR) is 157 cm³/mol. The van der Waals surface area contributed by atoms with Gasteiger partial charge >= 0.3 is 0 Å². The van der Waals surface area contributed by atoms with E-state index in [0.29, 0.717) is 18.7 Å². The summed E-state index contributed by atoms with van der Waals surface area (Å²) >= 11 is 0. The van der Waals surface area contributed by atoms with Crippen LogP contribution in [-0.4, -0.2) is 44.8 Å². The van der Waals surface area contributed by atoms with Gasteiger partial charge in [0.2, 0.25) is 5.91 Å². The van der Waals surface area contributed by atoms with E-state index in [1.54, 1.807) is 17.0 Å². The van der Waals surface area contributed by atoms with Gasteiger partial charge in [0.25, 0.3) is 5.91 Å². The second-order valence-electron chi connectivity index (χ2n) is 11.2. The number of aromatic nitrogens is 1.